The van der Waals surface area contributed by atoms with E-state index >= 15 is 0 Å². The maximum Gasteiger partial charge on any atom is 0.232 e. The van der Waals surface area contributed by atoms with Crippen LogP contribution in [0.25, 0.3) is 0 Å². The second-order valence-electron chi connectivity index (χ2n) is 6.92. The Bertz CT molecular complexity index is 804. The molecular formula is C22H26ClN3O2. The summed E-state index contributed by atoms with van der Waals surface area (Å²) in [5.41, 5.74) is 2.14. The maximum atomic E-state index is 12.6. The number of nitrogens with zero attached hydrogens (tertiary/aromatic N) is 3. The summed E-state index contributed by atoms with van der Waals surface area (Å²) in [7, 11) is 0. The van der Waals surface area contributed by atoms with Gasteiger partial charge in [-0.25, -0.2) is 0 Å². The van der Waals surface area contributed by atoms with E-state index in [9.17, 15) is 9.59 Å². The minimum atomic E-state index is -0.117. The lowest BCUT2D eigenvalue weighted by atomic mass is 10.2. The molecule has 2 aromatic carbocycles. The first-order chi connectivity index (χ1) is 13.6. The van der Waals surface area contributed by atoms with Crippen LogP contribution in [-0.2, 0) is 16.1 Å². The van der Waals surface area contributed by atoms with Crippen molar-refractivity contribution in [2.45, 2.75) is 19.9 Å². The van der Waals surface area contributed by atoms with Gasteiger partial charge in [-0.2, -0.15) is 0 Å². The fraction of sp³-hybridized carbons (Fsp3) is 0.364. The van der Waals surface area contributed by atoms with Crippen LogP contribution in [0.15, 0.2) is 54.6 Å². The number of piperazine rings is 1. The number of rotatable bonds is 6. The molecule has 0 unspecified atom stereocenters. The van der Waals surface area contributed by atoms with Gasteiger partial charge in [0, 0.05) is 50.0 Å². The van der Waals surface area contributed by atoms with Gasteiger partial charge in [0.1, 0.15) is 6.42 Å². The number of anilines is 1. The van der Waals surface area contributed by atoms with Crippen LogP contribution in [0.1, 0.15) is 18.9 Å². The van der Waals surface area contributed by atoms with Crippen molar-refractivity contribution >= 4 is 29.1 Å². The average Bonchev–Trinajstić information content (AvgIpc) is 2.72. The number of carbonyl (C=O) groups is 2. The summed E-state index contributed by atoms with van der Waals surface area (Å²) in [4.78, 5) is 31.0. The Morgan fingerprint density at radius 3 is 2.36 bits per heavy atom. The second kappa shape index (κ2) is 9.60. The molecule has 1 heterocycles. The summed E-state index contributed by atoms with van der Waals surface area (Å²) in [5.74, 6) is -0.212. The van der Waals surface area contributed by atoms with E-state index in [2.05, 4.69) is 4.90 Å². The molecule has 1 saturated heterocycles. The fourth-order valence-electron chi connectivity index (χ4n) is 3.42. The van der Waals surface area contributed by atoms with E-state index in [-0.39, 0.29) is 18.2 Å². The predicted octanol–water partition coefficient (Wildman–Crippen LogP) is 3.43. The summed E-state index contributed by atoms with van der Waals surface area (Å²) in [5, 5.41) is 0.708. The van der Waals surface area contributed by atoms with Gasteiger partial charge in [0.25, 0.3) is 0 Å². The molecule has 6 heteroatoms. The first-order valence-corrected chi connectivity index (χ1v) is 10.0. The summed E-state index contributed by atoms with van der Waals surface area (Å²) in [6.07, 6.45) is -0.0716. The molecule has 0 bridgehead atoms. The highest BCUT2D eigenvalue weighted by Gasteiger charge is 2.24. The van der Waals surface area contributed by atoms with Crippen LogP contribution in [0.3, 0.4) is 0 Å². The molecule has 28 heavy (non-hydrogen) atoms. The largest absolute Gasteiger partial charge is 0.368 e. The van der Waals surface area contributed by atoms with Crippen LogP contribution >= 0.6 is 11.6 Å². The molecule has 2 amide bonds. The van der Waals surface area contributed by atoms with Crippen LogP contribution < -0.4 is 4.90 Å². The lowest BCUT2D eigenvalue weighted by Gasteiger charge is -2.36. The van der Waals surface area contributed by atoms with Crippen molar-refractivity contribution in [1.29, 1.82) is 0 Å². The lowest BCUT2D eigenvalue weighted by Crippen LogP contribution is -2.49. The quantitative estimate of drug-likeness (QED) is 0.699. The highest BCUT2D eigenvalue weighted by atomic mass is 35.5. The molecule has 1 aliphatic heterocycles. The Morgan fingerprint density at radius 1 is 1.00 bits per heavy atom. The molecule has 0 aromatic heterocycles. The van der Waals surface area contributed by atoms with Gasteiger partial charge >= 0.3 is 0 Å². The molecule has 0 aliphatic carbocycles. The van der Waals surface area contributed by atoms with Crippen molar-refractivity contribution in [3.63, 3.8) is 0 Å². The number of benzene rings is 2. The molecule has 3 rings (SSSR count). The zero-order chi connectivity index (χ0) is 19.9. The molecule has 0 radical (unpaired) electrons. The van der Waals surface area contributed by atoms with Crippen LogP contribution in [0, 0.1) is 0 Å². The van der Waals surface area contributed by atoms with Crippen molar-refractivity contribution < 1.29 is 9.59 Å². The molecule has 0 atom stereocenters. The summed E-state index contributed by atoms with van der Waals surface area (Å²) < 4.78 is 0. The second-order valence-corrected chi connectivity index (χ2v) is 7.35. The van der Waals surface area contributed by atoms with E-state index in [0.29, 0.717) is 31.2 Å². The Balaban J connectivity index is 1.51. The molecule has 0 saturated carbocycles. The molecule has 0 spiro atoms. The Labute approximate surface area is 171 Å². The van der Waals surface area contributed by atoms with Gasteiger partial charge in [0.05, 0.1) is 0 Å². The number of hydrogen-bond acceptors (Lipinski definition) is 3. The topological polar surface area (TPSA) is 43.9 Å². The van der Waals surface area contributed by atoms with Gasteiger partial charge in [0.15, 0.2) is 0 Å². The predicted molar refractivity (Wildman–Crippen MR) is 112 cm³/mol. The highest BCUT2D eigenvalue weighted by Crippen LogP contribution is 2.21. The highest BCUT2D eigenvalue weighted by molar-refractivity contribution is 6.30. The number of carbonyl (C=O) groups excluding carboxylic acids is 2. The van der Waals surface area contributed by atoms with Crippen molar-refractivity contribution in [2.75, 3.05) is 37.6 Å². The van der Waals surface area contributed by atoms with Crippen molar-refractivity contribution in [2.24, 2.45) is 0 Å². The van der Waals surface area contributed by atoms with Crippen molar-refractivity contribution in [3.8, 4) is 0 Å². The number of hydrogen-bond donors (Lipinski definition) is 0. The Morgan fingerprint density at radius 2 is 1.71 bits per heavy atom. The molecule has 0 N–H and O–H groups in total. The Hall–Kier alpha value is -2.53. The third kappa shape index (κ3) is 5.26. The number of amides is 2. The summed E-state index contributed by atoms with van der Waals surface area (Å²) >= 11 is 6.07. The third-order valence-corrected chi connectivity index (χ3v) is 5.29. The lowest BCUT2D eigenvalue weighted by molar-refractivity contribution is -0.141. The van der Waals surface area contributed by atoms with E-state index in [1.54, 1.807) is 9.80 Å². The Kier molecular flexibility index (Phi) is 6.93. The van der Waals surface area contributed by atoms with Crippen LogP contribution in [0.2, 0.25) is 5.02 Å². The molecule has 1 fully saturated rings. The molecular weight excluding hydrogens is 374 g/mol. The van der Waals surface area contributed by atoms with Gasteiger partial charge in [-0.1, -0.05) is 48.0 Å². The molecule has 1 aliphatic rings. The first-order valence-electron chi connectivity index (χ1n) is 9.67. The summed E-state index contributed by atoms with van der Waals surface area (Å²) in [6.45, 7) is 5.76. The van der Waals surface area contributed by atoms with E-state index in [1.807, 2.05) is 61.5 Å². The van der Waals surface area contributed by atoms with Crippen LogP contribution in [-0.4, -0.2) is 54.3 Å². The van der Waals surface area contributed by atoms with Gasteiger partial charge in [-0.3, -0.25) is 9.59 Å². The fourth-order valence-corrected chi connectivity index (χ4v) is 3.60. The van der Waals surface area contributed by atoms with E-state index < -0.39 is 0 Å². The van der Waals surface area contributed by atoms with Gasteiger partial charge in [-0.05, 0) is 30.7 Å². The van der Waals surface area contributed by atoms with Crippen molar-refractivity contribution in [1.82, 2.24) is 9.80 Å². The van der Waals surface area contributed by atoms with Crippen molar-refractivity contribution in [3.05, 3.63) is 65.2 Å². The normalized spacial score (nSPS) is 14.1. The van der Waals surface area contributed by atoms with Gasteiger partial charge < -0.3 is 14.7 Å². The smallest absolute Gasteiger partial charge is 0.232 e. The first kappa shape index (κ1) is 20.2. The van der Waals surface area contributed by atoms with E-state index in [4.69, 9.17) is 11.6 Å². The monoisotopic (exact) mass is 399 g/mol. The number of halogens is 1. The molecule has 148 valence electrons. The van der Waals surface area contributed by atoms with Gasteiger partial charge in [-0.15, -0.1) is 0 Å². The van der Waals surface area contributed by atoms with Crippen LogP contribution in [0.5, 0.6) is 0 Å². The molecule has 2 aromatic rings. The minimum absolute atomic E-state index is 0.0716. The minimum Gasteiger partial charge on any atom is -0.368 e. The van der Waals surface area contributed by atoms with Gasteiger partial charge in [0.2, 0.25) is 11.8 Å². The zero-order valence-electron chi connectivity index (χ0n) is 16.2. The third-order valence-electron chi connectivity index (χ3n) is 5.06. The van der Waals surface area contributed by atoms with E-state index in [0.717, 1.165) is 24.3 Å². The van der Waals surface area contributed by atoms with E-state index in [1.165, 1.54) is 0 Å². The average molecular weight is 400 g/mol. The molecule has 5 nitrogen and oxygen atoms in total. The standard InChI is InChI=1S/C22H26ClN3O2/c1-2-24(17-18-7-4-3-5-8-18)21(27)16-22(28)26-13-11-25(12-14-26)20-10-6-9-19(23)15-20/h3-10,15H,2,11-14,16-17H2,1H3. The SMILES string of the molecule is CCN(Cc1ccccc1)C(=O)CC(=O)N1CCN(c2cccc(Cl)c2)CC1. The zero-order valence-corrected chi connectivity index (χ0v) is 16.9. The van der Waals surface area contributed by atoms with Crippen LogP contribution in [0.4, 0.5) is 5.69 Å². The summed E-state index contributed by atoms with van der Waals surface area (Å²) in [6, 6.07) is 17.6. The maximum absolute atomic E-state index is 12.6.